The van der Waals surface area contributed by atoms with Crippen molar-refractivity contribution in [3.8, 4) is 0 Å². The molecule has 0 atom stereocenters. The summed E-state index contributed by atoms with van der Waals surface area (Å²) in [5, 5.41) is 1.24. The van der Waals surface area contributed by atoms with Crippen molar-refractivity contribution in [2.45, 2.75) is 0 Å². The number of halogens is 1. The molecule has 0 spiro atoms. The van der Waals surface area contributed by atoms with Crippen molar-refractivity contribution in [3.63, 3.8) is 0 Å². The molecular formula is C17H13ClN2OS. The van der Waals surface area contributed by atoms with E-state index in [-0.39, 0.29) is 5.91 Å². The summed E-state index contributed by atoms with van der Waals surface area (Å²) in [5.41, 5.74) is 2.10. The normalized spacial score (nSPS) is 16.3. The van der Waals surface area contributed by atoms with Crippen molar-refractivity contribution in [2.75, 3.05) is 11.2 Å². The maximum Gasteiger partial charge on any atom is 0.283 e. The molecular weight excluding hydrogens is 316 g/mol. The van der Waals surface area contributed by atoms with E-state index >= 15 is 0 Å². The predicted octanol–water partition coefficient (Wildman–Crippen LogP) is 4.45. The fourth-order valence-electron chi connectivity index (χ4n) is 2.18. The molecule has 1 aliphatic rings. The van der Waals surface area contributed by atoms with E-state index in [9.17, 15) is 4.79 Å². The van der Waals surface area contributed by atoms with Crippen LogP contribution in [0.2, 0.25) is 5.02 Å². The van der Waals surface area contributed by atoms with Crippen LogP contribution in [0.3, 0.4) is 0 Å². The molecule has 2 aromatic rings. The molecule has 0 N–H and O–H groups in total. The van der Waals surface area contributed by atoms with Crippen LogP contribution in [0, 0.1) is 0 Å². The number of amides is 1. The number of carbonyl (C=O) groups is 1. The lowest BCUT2D eigenvalue weighted by Crippen LogP contribution is -2.29. The second kappa shape index (κ2) is 6.38. The predicted molar refractivity (Wildman–Crippen MR) is 94.3 cm³/mol. The molecule has 1 amide bonds. The molecule has 3 nitrogen and oxygen atoms in total. The van der Waals surface area contributed by atoms with Crippen molar-refractivity contribution in [1.82, 2.24) is 0 Å². The van der Waals surface area contributed by atoms with Gasteiger partial charge in [-0.2, -0.15) is 0 Å². The van der Waals surface area contributed by atoms with Gasteiger partial charge in [0.2, 0.25) is 0 Å². The molecule has 1 aliphatic heterocycles. The Morgan fingerprint density at radius 1 is 1.14 bits per heavy atom. The van der Waals surface area contributed by atoms with Crippen molar-refractivity contribution in [1.29, 1.82) is 0 Å². The highest BCUT2D eigenvalue weighted by molar-refractivity contribution is 8.13. The Hall–Kier alpha value is -2.04. The molecule has 0 radical (unpaired) electrons. The molecule has 1 heterocycles. The number of rotatable bonds is 2. The van der Waals surface area contributed by atoms with Crippen LogP contribution in [0.15, 0.2) is 65.3 Å². The Labute approximate surface area is 138 Å². The molecule has 0 fully saturated rings. The van der Waals surface area contributed by atoms with Gasteiger partial charge in [0.1, 0.15) is 5.70 Å². The molecule has 22 heavy (non-hydrogen) atoms. The summed E-state index contributed by atoms with van der Waals surface area (Å²) in [6.45, 7) is 0. The van der Waals surface area contributed by atoms with Crippen LogP contribution in [-0.4, -0.2) is 17.3 Å². The van der Waals surface area contributed by atoms with Gasteiger partial charge in [0, 0.05) is 5.02 Å². The topological polar surface area (TPSA) is 32.7 Å². The van der Waals surface area contributed by atoms with Gasteiger partial charge in [-0.15, -0.1) is 0 Å². The van der Waals surface area contributed by atoms with E-state index in [1.54, 1.807) is 23.1 Å². The Bertz CT molecular complexity index is 771. The maximum absolute atomic E-state index is 12.7. The minimum Gasteiger partial charge on any atom is -0.266 e. The van der Waals surface area contributed by atoms with Crippen LogP contribution in [0.5, 0.6) is 0 Å². The first-order valence-corrected chi connectivity index (χ1v) is 8.29. The number of anilines is 1. The van der Waals surface area contributed by atoms with E-state index in [4.69, 9.17) is 11.6 Å². The average Bonchev–Trinajstić information content (AvgIpc) is 2.84. The van der Waals surface area contributed by atoms with Gasteiger partial charge in [-0.05, 0) is 36.1 Å². The lowest BCUT2D eigenvalue weighted by molar-refractivity contribution is -0.113. The monoisotopic (exact) mass is 328 g/mol. The van der Waals surface area contributed by atoms with Gasteiger partial charge in [-0.3, -0.25) is 9.69 Å². The SMILES string of the molecule is CSC1=N/C(=C\c2ccccc2)C(=O)N1c1cccc(Cl)c1. The Balaban J connectivity index is 2.00. The highest BCUT2D eigenvalue weighted by Crippen LogP contribution is 2.29. The zero-order valence-electron chi connectivity index (χ0n) is 11.9. The second-order valence-corrected chi connectivity index (χ2v) is 5.87. The zero-order valence-corrected chi connectivity index (χ0v) is 13.4. The number of benzene rings is 2. The van der Waals surface area contributed by atoms with Gasteiger partial charge in [-0.25, -0.2) is 4.99 Å². The summed E-state index contributed by atoms with van der Waals surface area (Å²) in [7, 11) is 0. The number of aliphatic imine (C=N–C) groups is 1. The highest BCUT2D eigenvalue weighted by Gasteiger charge is 2.31. The lowest BCUT2D eigenvalue weighted by Gasteiger charge is -2.16. The van der Waals surface area contributed by atoms with Crippen molar-refractivity contribution >= 4 is 46.2 Å². The molecule has 0 unspecified atom stereocenters. The Morgan fingerprint density at radius 3 is 2.59 bits per heavy atom. The first kappa shape index (κ1) is 14.9. The summed E-state index contributed by atoms with van der Waals surface area (Å²) in [6.07, 6.45) is 3.69. The molecule has 0 aliphatic carbocycles. The van der Waals surface area contributed by atoms with Gasteiger partial charge in [0.05, 0.1) is 5.69 Å². The number of hydrogen-bond donors (Lipinski definition) is 0. The quantitative estimate of drug-likeness (QED) is 0.763. The summed E-state index contributed by atoms with van der Waals surface area (Å²) >= 11 is 7.46. The zero-order chi connectivity index (χ0) is 15.5. The van der Waals surface area contributed by atoms with E-state index in [0.29, 0.717) is 15.9 Å². The van der Waals surface area contributed by atoms with E-state index in [2.05, 4.69) is 4.99 Å². The van der Waals surface area contributed by atoms with Gasteiger partial charge in [-0.1, -0.05) is 59.8 Å². The van der Waals surface area contributed by atoms with E-state index in [0.717, 1.165) is 11.3 Å². The van der Waals surface area contributed by atoms with Crippen LogP contribution in [-0.2, 0) is 4.79 Å². The number of thioether (sulfide) groups is 1. The molecule has 0 aromatic heterocycles. The number of hydrogen-bond acceptors (Lipinski definition) is 3. The number of amidine groups is 1. The highest BCUT2D eigenvalue weighted by atomic mass is 35.5. The van der Waals surface area contributed by atoms with Crippen LogP contribution in [0.1, 0.15) is 5.56 Å². The third-order valence-electron chi connectivity index (χ3n) is 3.18. The Morgan fingerprint density at radius 2 is 1.91 bits per heavy atom. The number of nitrogens with zero attached hydrogens (tertiary/aromatic N) is 2. The Kier molecular flexibility index (Phi) is 4.32. The van der Waals surface area contributed by atoms with Crippen molar-refractivity contribution in [2.24, 2.45) is 4.99 Å². The van der Waals surface area contributed by atoms with Crippen LogP contribution in [0.25, 0.3) is 6.08 Å². The van der Waals surface area contributed by atoms with E-state index < -0.39 is 0 Å². The molecule has 3 rings (SSSR count). The van der Waals surface area contributed by atoms with E-state index in [1.165, 1.54) is 11.8 Å². The fraction of sp³-hybridized carbons (Fsp3) is 0.0588. The van der Waals surface area contributed by atoms with Gasteiger partial charge < -0.3 is 0 Å². The van der Waals surface area contributed by atoms with Crippen LogP contribution < -0.4 is 4.90 Å². The average molecular weight is 329 g/mol. The van der Waals surface area contributed by atoms with E-state index in [1.807, 2.05) is 48.7 Å². The van der Waals surface area contributed by atoms with Crippen LogP contribution >= 0.6 is 23.4 Å². The van der Waals surface area contributed by atoms with Gasteiger partial charge in [0.15, 0.2) is 5.17 Å². The molecule has 0 saturated heterocycles. The first-order chi connectivity index (χ1) is 10.7. The summed E-state index contributed by atoms with van der Waals surface area (Å²) in [5.74, 6) is -0.143. The summed E-state index contributed by atoms with van der Waals surface area (Å²) in [4.78, 5) is 18.7. The molecule has 5 heteroatoms. The molecule has 0 saturated carbocycles. The molecule has 110 valence electrons. The minimum atomic E-state index is -0.143. The summed E-state index contributed by atoms with van der Waals surface area (Å²) in [6, 6.07) is 16.9. The largest absolute Gasteiger partial charge is 0.283 e. The first-order valence-electron chi connectivity index (χ1n) is 6.68. The smallest absolute Gasteiger partial charge is 0.266 e. The van der Waals surface area contributed by atoms with Crippen molar-refractivity contribution in [3.05, 3.63) is 70.9 Å². The maximum atomic E-state index is 12.7. The molecule has 2 aromatic carbocycles. The molecule has 0 bridgehead atoms. The third-order valence-corrected chi connectivity index (χ3v) is 4.06. The lowest BCUT2D eigenvalue weighted by atomic mass is 10.2. The van der Waals surface area contributed by atoms with Crippen molar-refractivity contribution < 1.29 is 4.79 Å². The minimum absolute atomic E-state index is 0.143. The standard InChI is InChI=1S/C17H13ClN2OS/c1-22-17-19-15(10-12-6-3-2-4-7-12)16(21)20(17)14-9-5-8-13(18)11-14/h2-11H,1H3/b15-10-. The third kappa shape index (κ3) is 2.93. The fourth-order valence-corrected chi connectivity index (χ4v) is 2.93. The van der Waals surface area contributed by atoms with Gasteiger partial charge >= 0.3 is 0 Å². The summed E-state index contributed by atoms with van der Waals surface area (Å²) < 4.78 is 0. The number of carbonyl (C=O) groups excluding carboxylic acids is 1. The second-order valence-electron chi connectivity index (χ2n) is 4.66. The van der Waals surface area contributed by atoms with Crippen LogP contribution in [0.4, 0.5) is 5.69 Å². The van der Waals surface area contributed by atoms with Gasteiger partial charge in [0.25, 0.3) is 5.91 Å².